The molecule has 9 heteroatoms. The molecule has 4 heterocycles. The van der Waals surface area contributed by atoms with Crippen LogP contribution in [0.15, 0.2) is 34.7 Å². The van der Waals surface area contributed by atoms with Gasteiger partial charge in [-0.05, 0) is 25.6 Å². The zero-order valence-electron chi connectivity index (χ0n) is 14.0. The molecule has 0 aliphatic carbocycles. The van der Waals surface area contributed by atoms with Crippen molar-refractivity contribution < 1.29 is 9.90 Å². The molecule has 1 unspecified atom stereocenters. The van der Waals surface area contributed by atoms with Crippen LogP contribution in [-0.2, 0) is 0 Å². The number of carboxylic acid groups (broad SMARTS) is 1. The van der Waals surface area contributed by atoms with Crippen molar-refractivity contribution in [3.63, 3.8) is 0 Å². The molecule has 134 valence electrons. The normalized spacial score (nSPS) is 17.1. The van der Waals surface area contributed by atoms with Crippen LogP contribution in [0.4, 0.5) is 5.82 Å². The molecule has 0 aromatic carbocycles. The minimum atomic E-state index is -1.26. The maximum absolute atomic E-state index is 12.5. The third-order valence-electron chi connectivity index (χ3n) is 4.61. The Morgan fingerprint density at radius 2 is 2.27 bits per heavy atom. The van der Waals surface area contributed by atoms with Gasteiger partial charge in [-0.2, -0.15) is 0 Å². The smallest absolute Gasteiger partial charge is 0.341 e. The molecule has 26 heavy (non-hydrogen) atoms. The van der Waals surface area contributed by atoms with Gasteiger partial charge in [0.25, 0.3) is 0 Å². The summed E-state index contributed by atoms with van der Waals surface area (Å²) in [5, 5.41) is 15.3. The van der Waals surface area contributed by atoms with Crippen LogP contribution in [0.25, 0.3) is 16.2 Å². The van der Waals surface area contributed by atoms with Crippen molar-refractivity contribution >= 4 is 34.2 Å². The lowest BCUT2D eigenvalue weighted by Gasteiger charge is -2.18. The summed E-state index contributed by atoms with van der Waals surface area (Å²) in [7, 11) is 1.94. The molecule has 0 saturated carbocycles. The van der Waals surface area contributed by atoms with E-state index in [0.717, 1.165) is 25.3 Å². The number of nitrogens with one attached hydrogen (secondary N) is 1. The molecule has 8 nitrogen and oxygen atoms in total. The Kier molecular flexibility index (Phi) is 4.17. The topological polar surface area (TPSA) is 100 Å². The number of hydrogen-bond acceptors (Lipinski definition) is 7. The van der Waals surface area contributed by atoms with Gasteiger partial charge in [0.05, 0.1) is 5.39 Å². The van der Waals surface area contributed by atoms with Gasteiger partial charge in [-0.1, -0.05) is 0 Å². The average Bonchev–Trinajstić information content (AvgIpc) is 3.33. The minimum Gasteiger partial charge on any atom is -0.477 e. The molecule has 3 aromatic rings. The number of carboxylic acids is 1. The third kappa shape index (κ3) is 2.74. The van der Waals surface area contributed by atoms with Gasteiger partial charge >= 0.3 is 5.97 Å². The molecule has 1 aliphatic rings. The van der Waals surface area contributed by atoms with Gasteiger partial charge < -0.3 is 15.3 Å². The van der Waals surface area contributed by atoms with Crippen LogP contribution in [0.3, 0.4) is 0 Å². The van der Waals surface area contributed by atoms with Gasteiger partial charge in [-0.15, -0.1) is 11.3 Å². The summed E-state index contributed by atoms with van der Waals surface area (Å²) in [6.45, 7) is 1.71. The number of rotatable bonds is 4. The van der Waals surface area contributed by atoms with Crippen molar-refractivity contribution in [2.75, 3.05) is 25.0 Å². The fraction of sp³-hybridized carbons (Fsp3) is 0.294. The third-order valence-corrected chi connectivity index (χ3v) is 5.38. The molecule has 1 fully saturated rings. The molecule has 3 aromatic heterocycles. The van der Waals surface area contributed by atoms with E-state index in [-0.39, 0.29) is 10.9 Å². The fourth-order valence-electron chi connectivity index (χ4n) is 3.21. The van der Waals surface area contributed by atoms with Crippen LogP contribution in [0.5, 0.6) is 0 Å². The molecular weight excluding hydrogens is 354 g/mol. The van der Waals surface area contributed by atoms with Crippen molar-refractivity contribution in [2.24, 2.45) is 0 Å². The molecular formula is C17H17N5O3S. The molecule has 0 amide bonds. The number of likely N-dealkylation sites (N-methyl/N-ethyl adjacent to an activating group) is 1. The Bertz CT molecular complexity index is 1030. The van der Waals surface area contributed by atoms with E-state index in [1.165, 1.54) is 17.5 Å². The van der Waals surface area contributed by atoms with Crippen LogP contribution in [0, 0.1) is 0 Å². The minimum absolute atomic E-state index is 0.271. The standard InChI is InChI=1S/C17H17N5O3S/c1-18-10-4-6-21(8-10)13-3-2-11-14(23)12(16(24)25)9-22(15(11)20-13)17-19-5-7-26-17/h2-3,5,7,9-10,18H,4,6,8H2,1H3,(H,24,25). The number of fused-ring (bicyclic) bond motifs is 1. The summed E-state index contributed by atoms with van der Waals surface area (Å²) < 4.78 is 1.58. The molecule has 2 N–H and O–H groups in total. The lowest BCUT2D eigenvalue weighted by molar-refractivity contribution is 0.0695. The summed E-state index contributed by atoms with van der Waals surface area (Å²) in [6, 6.07) is 3.84. The Balaban J connectivity index is 1.91. The number of aromatic carboxylic acids is 1. The highest BCUT2D eigenvalue weighted by atomic mass is 32.1. The predicted molar refractivity (Wildman–Crippen MR) is 99.6 cm³/mol. The number of anilines is 1. The Morgan fingerprint density at radius 1 is 1.42 bits per heavy atom. The van der Waals surface area contributed by atoms with E-state index in [1.54, 1.807) is 28.3 Å². The van der Waals surface area contributed by atoms with Gasteiger partial charge in [0.15, 0.2) is 10.8 Å². The largest absolute Gasteiger partial charge is 0.477 e. The first-order valence-corrected chi connectivity index (χ1v) is 9.08. The molecule has 1 atom stereocenters. The number of hydrogen-bond donors (Lipinski definition) is 2. The van der Waals surface area contributed by atoms with E-state index in [1.807, 2.05) is 7.05 Å². The average molecular weight is 371 g/mol. The first kappa shape index (κ1) is 16.7. The van der Waals surface area contributed by atoms with E-state index in [4.69, 9.17) is 0 Å². The SMILES string of the molecule is CNC1CCN(c2ccc3c(=O)c(C(=O)O)cn(-c4nccs4)c3n2)C1. The molecule has 0 bridgehead atoms. The monoisotopic (exact) mass is 371 g/mol. The van der Waals surface area contributed by atoms with Gasteiger partial charge in [0, 0.05) is 36.9 Å². The summed E-state index contributed by atoms with van der Waals surface area (Å²) in [5.41, 5.74) is -0.409. The maximum Gasteiger partial charge on any atom is 0.341 e. The lowest BCUT2D eigenvalue weighted by Crippen LogP contribution is -2.30. The highest BCUT2D eigenvalue weighted by Gasteiger charge is 2.23. The maximum atomic E-state index is 12.5. The predicted octanol–water partition coefficient (Wildman–Crippen LogP) is 1.34. The summed E-state index contributed by atoms with van der Waals surface area (Å²) in [5.74, 6) is -0.495. The van der Waals surface area contributed by atoms with Crippen LogP contribution < -0.4 is 15.6 Å². The second-order valence-corrected chi connectivity index (χ2v) is 7.00. The molecule has 0 spiro atoms. The lowest BCUT2D eigenvalue weighted by atomic mass is 10.2. The Hall–Kier alpha value is -2.78. The summed E-state index contributed by atoms with van der Waals surface area (Å²) in [6.07, 6.45) is 3.96. The van der Waals surface area contributed by atoms with Crippen LogP contribution >= 0.6 is 11.3 Å². The first-order chi connectivity index (χ1) is 12.6. The molecule has 4 rings (SSSR count). The van der Waals surface area contributed by atoms with Crippen molar-refractivity contribution in [1.29, 1.82) is 0 Å². The van der Waals surface area contributed by atoms with Crippen molar-refractivity contribution in [1.82, 2.24) is 19.9 Å². The number of pyridine rings is 2. The number of carbonyl (C=O) groups is 1. The number of aromatic nitrogens is 3. The summed E-state index contributed by atoms with van der Waals surface area (Å²) in [4.78, 5) is 35.1. The highest BCUT2D eigenvalue weighted by molar-refractivity contribution is 7.12. The van der Waals surface area contributed by atoms with Gasteiger partial charge in [0.2, 0.25) is 5.43 Å². The molecule has 0 radical (unpaired) electrons. The van der Waals surface area contributed by atoms with E-state index in [0.29, 0.717) is 16.8 Å². The van der Waals surface area contributed by atoms with Crippen LogP contribution in [-0.4, -0.2) is 51.8 Å². The molecule has 1 aliphatic heterocycles. The quantitative estimate of drug-likeness (QED) is 0.714. The second kappa shape index (κ2) is 6.50. The zero-order chi connectivity index (χ0) is 18.3. The fourth-order valence-corrected chi connectivity index (χ4v) is 3.82. The van der Waals surface area contributed by atoms with Crippen molar-refractivity contribution in [3.8, 4) is 5.13 Å². The van der Waals surface area contributed by atoms with E-state index in [2.05, 4.69) is 20.2 Å². The van der Waals surface area contributed by atoms with Gasteiger partial charge in [-0.3, -0.25) is 9.36 Å². The van der Waals surface area contributed by atoms with Gasteiger partial charge in [0.1, 0.15) is 11.4 Å². The Labute approximate surface area is 152 Å². The van der Waals surface area contributed by atoms with E-state index < -0.39 is 11.4 Å². The number of thiazole rings is 1. The van der Waals surface area contributed by atoms with E-state index in [9.17, 15) is 14.7 Å². The van der Waals surface area contributed by atoms with Crippen LogP contribution in [0.2, 0.25) is 0 Å². The van der Waals surface area contributed by atoms with Gasteiger partial charge in [-0.25, -0.2) is 14.8 Å². The van der Waals surface area contributed by atoms with E-state index >= 15 is 0 Å². The van der Waals surface area contributed by atoms with Crippen molar-refractivity contribution in [2.45, 2.75) is 12.5 Å². The summed E-state index contributed by atoms with van der Waals surface area (Å²) >= 11 is 1.35. The van der Waals surface area contributed by atoms with Crippen molar-refractivity contribution in [3.05, 3.63) is 45.7 Å². The highest BCUT2D eigenvalue weighted by Crippen LogP contribution is 2.23. The molecule has 1 saturated heterocycles. The Morgan fingerprint density at radius 3 is 2.92 bits per heavy atom. The van der Waals surface area contributed by atoms with Crippen LogP contribution in [0.1, 0.15) is 16.8 Å². The zero-order valence-corrected chi connectivity index (χ0v) is 14.9. The second-order valence-electron chi connectivity index (χ2n) is 6.12. The first-order valence-electron chi connectivity index (χ1n) is 8.20. The number of nitrogens with zero attached hydrogens (tertiary/aromatic N) is 4.